The number of nitrogens with zero attached hydrogens (tertiary/aromatic N) is 4. The van der Waals surface area contributed by atoms with Crippen molar-refractivity contribution in [2.45, 2.75) is 134 Å². The van der Waals surface area contributed by atoms with Crippen LogP contribution in [0.15, 0.2) is 27.0 Å². The van der Waals surface area contributed by atoms with Gasteiger partial charge in [0.15, 0.2) is 22.9 Å². The maximum absolute atomic E-state index is 13.2. The van der Waals surface area contributed by atoms with Gasteiger partial charge in [-0.1, -0.05) is 46.7 Å². The first-order chi connectivity index (χ1) is 20.2. The van der Waals surface area contributed by atoms with Gasteiger partial charge in [0.05, 0.1) is 7.11 Å². The minimum Gasteiger partial charge on any atom is -0.468 e. The number of nitrogens with one attached hydrogen (secondary N) is 2. The van der Waals surface area contributed by atoms with E-state index >= 15 is 0 Å². The molecule has 0 bridgehead atoms. The lowest BCUT2D eigenvalue weighted by molar-refractivity contribution is -0.149. The number of azide groups is 1. The number of carbonyl (C=O) groups excluding carboxylic acids is 1. The van der Waals surface area contributed by atoms with Gasteiger partial charge in [-0.2, -0.15) is 0 Å². The van der Waals surface area contributed by atoms with Crippen molar-refractivity contribution in [3.63, 3.8) is 0 Å². The molecule has 3 heterocycles. The number of aromatic nitrogens is 2. The van der Waals surface area contributed by atoms with Crippen LogP contribution in [0.25, 0.3) is 10.4 Å². The van der Waals surface area contributed by atoms with Gasteiger partial charge < -0.3 is 23.1 Å². The third-order valence-electron chi connectivity index (χ3n) is 9.41. The highest BCUT2D eigenvalue weighted by molar-refractivity contribution is 6.74. The summed E-state index contributed by atoms with van der Waals surface area (Å²) in [5.41, 5.74) is 7.47. The number of hydrogen-bond donors (Lipinski definition) is 2. The van der Waals surface area contributed by atoms with Crippen molar-refractivity contribution in [3.05, 3.63) is 43.5 Å². The predicted molar refractivity (Wildman–Crippen MR) is 170 cm³/mol. The van der Waals surface area contributed by atoms with Gasteiger partial charge >= 0.3 is 11.7 Å². The number of rotatable bonds is 11. The normalized spacial score (nSPS) is 28.1. The van der Waals surface area contributed by atoms with Gasteiger partial charge in [-0.3, -0.25) is 24.5 Å². The summed E-state index contributed by atoms with van der Waals surface area (Å²) in [4.78, 5) is 43.4. The van der Waals surface area contributed by atoms with Gasteiger partial charge in [0, 0.05) is 23.7 Å². The van der Waals surface area contributed by atoms with Crippen molar-refractivity contribution in [1.29, 1.82) is 0 Å². The zero-order chi connectivity index (χ0) is 33.3. The molecular weight excluding hydrogens is 605 g/mol. The van der Waals surface area contributed by atoms with Gasteiger partial charge in [0.2, 0.25) is 0 Å². The summed E-state index contributed by atoms with van der Waals surface area (Å²) in [5, 5.41) is 6.43. The first-order valence-electron chi connectivity index (χ1n) is 15.1. The van der Waals surface area contributed by atoms with Gasteiger partial charge in [0.25, 0.3) is 5.56 Å². The molecule has 2 N–H and O–H groups in total. The minimum atomic E-state index is -2.51. The number of hydrogen-bond acceptors (Lipinski definition) is 10. The highest BCUT2D eigenvalue weighted by atomic mass is 28.4. The molecule has 1 unspecified atom stereocenters. The molecule has 0 radical (unpaired) electrons. The van der Waals surface area contributed by atoms with E-state index in [1.165, 1.54) is 23.9 Å². The second-order valence-corrected chi connectivity index (χ2v) is 24.1. The molecule has 44 heavy (non-hydrogen) atoms. The van der Waals surface area contributed by atoms with Crippen LogP contribution < -0.4 is 16.6 Å². The highest BCUT2D eigenvalue weighted by Gasteiger charge is 2.59. The number of H-pyrrole nitrogens is 1. The predicted octanol–water partition coefficient (Wildman–Crippen LogP) is 4.16. The standard InChI is InChI=1S/C28H50N6O8Si2/c1-27(2,3)43(8,9)41-22-21(20-19(25(36)38-7)32-18(39-20)13-12-15-30-33-29)40-24(34-16-14-17(35)31-26(34)37)23(22)42-44(10,11)28(4,5)6/h14,16,18-24,32H,12-13,15H2,1-11H3,(H,31,35,37)/t18?,19-,20-,21+,22+,23+,24+/m0/s1. The average Bonchev–Trinajstić information content (AvgIpc) is 3.46. The molecule has 2 aliphatic heterocycles. The van der Waals surface area contributed by atoms with Gasteiger partial charge in [-0.05, 0) is 54.6 Å². The van der Waals surface area contributed by atoms with Crippen LogP contribution >= 0.6 is 0 Å². The first kappa shape index (κ1) is 36.2. The second-order valence-electron chi connectivity index (χ2n) is 14.5. The summed E-state index contributed by atoms with van der Waals surface area (Å²) in [6.45, 7) is 21.5. The van der Waals surface area contributed by atoms with E-state index in [1.807, 2.05) is 0 Å². The zero-order valence-corrected chi connectivity index (χ0v) is 29.9. The molecule has 0 spiro atoms. The third kappa shape index (κ3) is 7.91. The molecule has 0 saturated carbocycles. The van der Waals surface area contributed by atoms with E-state index in [9.17, 15) is 14.4 Å². The lowest BCUT2D eigenvalue weighted by Gasteiger charge is -2.44. The molecule has 0 amide bonds. The van der Waals surface area contributed by atoms with E-state index in [0.29, 0.717) is 12.8 Å². The average molecular weight is 655 g/mol. The lowest BCUT2D eigenvalue weighted by atomic mass is 10.00. The molecule has 16 heteroatoms. The second kappa shape index (κ2) is 13.6. The van der Waals surface area contributed by atoms with Crippen molar-refractivity contribution in [2.24, 2.45) is 5.11 Å². The van der Waals surface area contributed by atoms with Crippen molar-refractivity contribution < 1.29 is 27.9 Å². The number of ether oxygens (including phenoxy) is 3. The van der Waals surface area contributed by atoms with Crippen molar-refractivity contribution in [1.82, 2.24) is 14.9 Å². The smallest absolute Gasteiger partial charge is 0.330 e. The van der Waals surface area contributed by atoms with Crippen LogP contribution in [0.5, 0.6) is 0 Å². The van der Waals surface area contributed by atoms with Crippen LogP contribution in [0, 0.1) is 0 Å². The molecule has 1 aromatic heterocycles. The van der Waals surface area contributed by atoms with Crippen LogP contribution in [0.2, 0.25) is 36.3 Å². The summed E-state index contributed by atoms with van der Waals surface area (Å²) < 4.78 is 33.7. The SMILES string of the molecule is COC(=O)[C@H]1NC(CCCN=[N+]=[N-])O[C@@H]1[C@H]1O[C@@H](n2ccc(=O)[nH]c2=O)[C@H](O[Si](C)(C)C(C)(C)C)[C@@H]1O[Si](C)(C)C(C)(C)C. The number of aromatic amines is 1. The molecule has 2 aliphatic rings. The van der Waals surface area contributed by atoms with Crippen LogP contribution in [-0.2, 0) is 27.9 Å². The maximum atomic E-state index is 13.2. The summed E-state index contributed by atoms with van der Waals surface area (Å²) in [5.74, 6) is -0.534. The third-order valence-corrected chi connectivity index (χ3v) is 18.4. The van der Waals surface area contributed by atoms with Crippen LogP contribution in [-0.4, -0.2) is 82.5 Å². The molecule has 0 aliphatic carbocycles. The number of carbonyl (C=O) groups is 1. The summed E-state index contributed by atoms with van der Waals surface area (Å²) >= 11 is 0. The molecule has 3 rings (SSSR count). The lowest BCUT2D eigenvalue weighted by Crippen LogP contribution is -2.57. The molecule has 2 fully saturated rings. The zero-order valence-electron chi connectivity index (χ0n) is 27.9. The molecule has 0 aromatic carbocycles. The van der Waals surface area contributed by atoms with Crippen LogP contribution in [0.1, 0.15) is 60.6 Å². The minimum absolute atomic E-state index is 0.188. The van der Waals surface area contributed by atoms with Crippen LogP contribution in [0.3, 0.4) is 0 Å². The Bertz CT molecular complexity index is 1330. The van der Waals surface area contributed by atoms with Gasteiger partial charge in [0.1, 0.15) is 36.7 Å². The van der Waals surface area contributed by atoms with Crippen molar-refractivity contribution in [2.75, 3.05) is 13.7 Å². The Morgan fingerprint density at radius 3 is 2.14 bits per heavy atom. The van der Waals surface area contributed by atoms with E-state index in [4.69, 9.17) is 28.6 Å². The van der Waals surface area contributed by atoms with E-state index in [1.54, 1.807) is 0 Å². The Morgan fingerprint density at radius 2 is 1.61 bits per heavy atom. The molecule has 2 saturated heterocycles. The Hall–Kier alpha value is -2.31. The van der Waals surface area contributed by atoms with E-state index < -0.39 is 76.8 Å². The van der Waals surface area contributed by atoms with Crippen molar-refractivity contribution >= 4 is 22.6 Å². The molecule has 14 nitrogen and oxygen atoms in total. The number of methoxy groups -OCH3 is 1. The quantitative estimate of drug-likeness (QED) is 0.0885. The maximum Gasteiger partial charge on any atom is 0.330 e. The van der Waals surface area contributed by atoms with E-state index in [2.05, 4.69) is 88.1 Å². The molecule has 1 aromatic rings. The fourth-order valence-corrected chi connectivity index (χ4v) is 7.40. The Balaban J connectivity index is 2.17. The fourth-order valence-electron chi connectivity index (χ4n) is 4.82. The first-order valence-corrected chi connectivity index (χ1v) is 20.9. The van der Waals surface area contributed by atoms with E-state index in [0.717, 1.165) is 0 Å². The Labute approximate surface area is 261 Å². The largest absolute Gasteiger partial charge is 0.468 e. The highest BCUT2D eigenvalue weighted by Crippen LogP contribution is 2.47. The monoisotopic (exact) mass is 654 g/mol. The number of esters is 1. The summed E-state index contributed by atoms with van der Waals surface area (Å²) in [7, 11) is -3.71. The van der Waals surface area contributed by atoms with Gasteiger partial charge in [-0.15, -0.1) is 0 Å². The van der Waals surface area contributed by atoms with Crippen LogP contribution in [0.4, 0.5) is 0 Å². The van der Waals surface area contributed by atoms with Crippen molar-refractivity contribution in [3.8, 4) is 0 Å². The molecule has 7 atom stereocenters. The fraction of sp³-hybridized carbons (Fsp3) is 0.821. The van der Waals surface area contributed by atoms with E-state index in [-0.39, 0.29) is 16.6 Å². The topological polar surface area (TPSA) is 179 Å². The molecule has 248 valence electrons. The molecular formula is C28H50N6O8Si2. The summed E-state index contributed by atoms with van der Waals surface area (Å²) in [6.07, 6.45) is -2.38. The Morgan fingerprint density at radius 1 is 1.02 bits per heavy atom. The van der Waals surface area contributed by atoms with Gasteiger partial charge in [-0.25, -0.2) is 4.79 Å². The summed E-state index contributed by atoms with van der Waals surface area (Å²) in [6, 6.07) is 0.357. The Kier molecular flexibility index (Phi) is 11.2.